The third-order valence-electron chi connectivity index (χ3n) is 3.14. The fraction of sp³-hybridized carbons (Fsp3) is 0.111. The highest BCUT2D eigenvalue weighted by molar-refractivity contribution is 9.09. The molecule has 1 aliphatic carbocycles. The third-order valence-corrected chi connectivity index (χ3v) is 3.34. The van der Waals surface area contributed by atoms with E-state index in [9.17, 15) is 0 Å². The lowest BCUT2D eigenvalue weighted by atomic mass is 9.93. The number of alkyl halides is 1. The Kier molecular flexibility index (Phi) is 2.31. The highest BCUT2D eigenvalue weighted by Gasteiger charge is 2.13. The molecular weight excluding hydrogens is 296 g/mol. The quantitative estimate of drug-likeness (QED) is 0.556. The molecule has 0 N–H and O–H groups in total. The molecule has 1 heteroatoms. The van der Waals surface area contributed by atoms with Crippen LogP contribution < -0.4 is 0 Å². The molecule has 0 fully saturated rings. The molecule has 0 saturated carbocycles. The van der Waals surface area contributed by atoms with E-state index >= 15 is 0 Å². The van der Waals surface area contributed by atoms with Gasteiger partial charge in [0.15, 0.2) is 0 Å². The van der Waals surface area contributed by atoms with Crippen molar-refractivity contribution in [3.8, 4) is 0 Å². The minimum Gasteiger partial charge on any atom is -0.0925 e. The van der Waals surface area contributed by atoms with Crippen molar-refractivity contribution in [2.45, 2.75) is 6.37 Å². The monoisotopic (exact) mass is 315 g/mol. The number of allylic oxidation sites excluding steroid dienone is 1. The van der Waals surface area contributed by atoms with Crippen LogP contribution in [0.2, 0.25) is 0 Å². The fourth-order valence-electron chi connectivity index (χ4n) is 2.29. The van der Waals surface area contributed by atoms with E-state index in [1.165, 1.54) is 0 Å². The van der Waals surface area contributed by atoms with E-state index in [0.29, 0.717) is 5.57 Å². The second-order valence-corrected chi connectivity index (χ2v) is 4.62. The Hall–Kier alpha value is -1.60. The standard InChI is InChI=1S/C18H15Br/c19-13-5-10-18-16-8-3-1-6-14(16)11-12-15-7-2-4-9-17(15)18/h1-4,6-12H,5,13H2/i5D2,10D,13D2. The topological polar surface area (TPSA) is 0 Å². The van der Waals surface area contributed by atoms with Gasteiger partial charge in [-0.15, -0.1) is 0 Å². The van der Waals surface area contributed by atoms with Gasteiger partial charge in [0.2, 0.25) is 0 Å². The second kappa shape index (κ2) is 5.58. The van der Waals surface area contributed by atoms with Gasteiger partial charge >= 0.3 is 0 Å². The smallest absolute Gasteiger partial charge is 0.0583 e. The average molecular weight is 316 g/mol. The summed E-state index contributed by atoms with van der Waals surface area (Å²) in [7, 11) is 0. The van der Waals surface area contributed by atoms with Gasteiger partial charge in [-0.3, -0.25) is 0 Å². The summed E-state index contributed by atoms with van der Waals surface area (Å²) in [6.45, 7) is 0. The molecule has 0 unspecified atom stereocenters. The Morgan fingerprint density at radius 2 is 1.47 bits per heavy atom. The summed E-state index contributed by atoms with van der Waals surface area (Å²) in [5, 5.41) is -2.35. The van der Waals surface area contributed by atoms with Gasteiger partial charge in [-0.2, -0.15) is 0 Å². The highest BCUT2D eigenvalue weighted by atomic mass is 79.9. The Bertz CT molecular complexity index is 795. The van der Waals surface area contributed by atoms with Crippen molar-refractivity contribution in [2.24, 2.45) is 0 Å². The van der Waals surface area contributed by atoms with Crippen molar-refractivity contribution in [3.63, 3.8) is 0 Å². The summed E-state index contributed by atoms with van der Waals surface area (Å²) in [5.74, 6) is 0. The van der Waals surface area contributed by atoms with Gasteiger partial charge in [0.1, 0.15) is 0 Å². The van der Waals surface area contributed by atoms with Gasteiger partial charge in [0.05, 0.1) is 1.37 Å². The first-order chi connectivity index (χ1) is 11.2. The van der Waals surface area contributed by atoms with Crippen LogP contribution in [-0.2, 0) is 0 Å². The van der Waals surface area contributed by atoms with Crippen LogP contribution in [0.4, 0.5) is 0 Å². The molecule has 2 aromatic rings. The predicted octanol–water partition coefficient (Wildman–Crippen LogP) is 5.39. The summed E-state index contributed by atoms with van der Waals surface area (Å²) in [4.78, 5) is 0. The maximum absolute atomic E-state index is 8.49. The summed E-state index contributed by atoms with van der Waals surface area (Å²) >= 11 is 2.76. The van der Waals surface area contributed by atoms with Crippen LogP contribution in [0, 0.1) is 0 Å². The molecule has 0 nitrogen and oxygen atoms in total. The first-order valence-corrected chi connectivity index (χ1v) is 6.80. The summed E-state index contributed by atoms with van der Waals surface area (Å²) < 4.78 is 40.3. The molecule has 0 amide bonds. The van der Waals surface area contributed by atoms with Gasteiger partial charge in [0.25, 0.3) is 0 Å². The average Bonchev–Trinajstić information content (AvgIpc) is 2.70. The van der Waals surface area contributed by atoms with E-state index in [-0.39, 0.29) is 6.05 Å². The van der Waals surface area contributed by atoms with Crippen LogP contribution in [0.3, 0.4) is 0 Å². The summed E-state index contributed by atoms with van der Waals surface area (Å²) in [6.07, 6.45) is 1.38. The van der Waals surface area contributed by atoms with E-state index < -0.39 is 11.7 Å². The molecule has 0 aromatic heterocycles. The van der Waals surface area contributed by atoms with Crippen LogP contribution in [0.1, 0.15) is 35.5 Å². The van der Waals surface area contributed by atoms with Crippen LogP contribution in [0.15, 0.2) is 54.6 Å². The van der Waals surface area contributed by atoms with Gasteiger partial charge in [-0.05, 0) is 34.2 Å². The number of benzene rings is 2. The molecule has 0 radical (unpaired) electrons. The number of halogens is 1. The summed E-state index contributed by atoms with van der Waals surface area (Å²) in [6, 6.07) is 14.6. The number of fused-ring (bicyclic) bond motifs is 2. The molecule has 0 atom stereocenters. The Balaban J connectivity index is 2.39. The Morgan fingerprint density at radius 1 is 0.947 bits per heavy atom. The van der Waals surface area contributed by atoms with Crippen molar-refractivity contribution < 1.29 is 6.85 Å². The molecule has 0 bridgehead atoms. The SMILES string of the molecule is [2H]C(=C1c2ccccc2C=Cc2ccccc21)C([2H])([2H])C([2H])([2H])Br. The third kappa shape index (κ3) is 2.43. The maximum Gasteiger partial charge on any atom is 0.0583 e. The zero-order chi connectivity index (χ0) is 17.5. The van der Waals surface area contributed by atoms with E-state index in [0.717, 1.165) is 22.3 Å². The highest BCUT2D eigenvalue weighted by Crippen LogP contribution is 2.33. The molecule has 0 spiro atoms. The van der Waals surface area contributed by atoms with Crippen LogP contribution in [0.25, 0.3) is 17.7 Å². The summed E-state index contributed by atoms with van der Waals surface area (Å²) in [5.41, 5.74) is 3.62. The van der Waals surface area contributed by atoms with Gasteiger partial charge in [0, 0.05) is 10.8 Å². The van der Waals surface area contributed by atoms with E-state index in [1.807, 2.05) is 60.7 Å². The van der Waals surface area contributed by atoms with Crippen molar-refractivity contribution in [1.29, 1.82) is 0 Å². The number of rotatable bonds is 2. The first kappa shape index (κ1) is 7.86. The van der Waals surface area contributed by atoms with Crippen LogP contribution >= 0.6 is 15.9 Å². The van der Waals surface area contributed by atoms with Gasteiger partial charge in [-0.1, -0.05) is 82.7 Å². The van der Waals surface area contributed by atoms with Crippen LogP contribution in [-0.4, -0.2) is 5.28 Å². The lowest BCUT2D eigenvalue weighted by Gasteiger charge is -2.11. The lowest BCUT2D eigenvalue weighted by Crippen LogP contribution is -1.92. The Labute approximate surface area is 129 Å². The zero-order valence-corrected chi connectivity index (χ0v) is 11.7. The van der Waals surface area contributed by atoms with Crippen molar-refractivity contribution in [1.82, 2.24) is 0 Å². The minimum atomic E-state index is -2.49. The number of hydrogen-bond acceptors (Lipinski definition) is 0. The van der Waals surface area contributed by atoms with E-state index in [4.69, 9.17) is 6.85 Å². The Morgan fingerprint density at radius 3 is 2.00 bits per heavy atom. The maximum atomic E-state index is 8.49. The molecule has 0 heterocycles. The normalized spacial score (nSPS) is 17.9. The van der Waals surface area contributed by atoms with E-state index in [1.54, 1.807) is 0 Å². The largest absolute Gasteiger partial charge is 0.0925 e. The number of hydrogen-bond donors (Lipinski definition) is 0. The van der Waals surface area contributed by atoms with Crippen LogP contribution in [0.5, 0.6) is 0 Å². The molecule has 1 aliphatic rings. The second-order valence-electron chi connectivity index (χ2n) is 4.23. The molecule has 0 saturated heterocycles. The fourth-order valence-corrected chi connectivity index (χ4v) is 2.38. The molecule has 3 rings (SSSR count). The molecular formula is C18H15Br. The van der Waals surface area contributed by atoms with Gasteiger partial charge < -0.3 is 0 Å². The molecule has 94 valence electrons. The molecule has 0 aliphatic heterocycles. The van der Waals surface area contributed by atoms with Crippen molar-refractivity contribution >= 4 is 33.7 Å². The lowest BCUT2D eigenvalue weighted by molar-refractivity contribution is 1.26. The predicted molar refractivity (Wildman–Crippen MR) is 87.3 cm³/mol. The van der Waals surface area contributed by atoms with Crippen molar-refractivity contribution in [2.75, 3.05) is 5.28 Å². The zero-order valence-electron chi connectivity index (χ0n) is 15.2. The van der Waals surface area contributed by atoms with Gasteiger partial charge in [-0.25, -0.2) is 0 Å². The molecule has 19 heavy (non-hydrogen) atoms. The van der Waals surface area contributed by atoms with E-state index in [2.05, 4.69) is 15.9 Å². The first-order valence-electron chi connectivity index (χ1n) is 8.50. The van der Waals surface area contributed by atoms with Crippen molar-refractivity contribution in [3.05, 3.63) is 76.8 Å². The molecule has 2 aromatic carbocycles. The minimum absolute atomic E-state index is 0.382.